The molecule has 162 valence electrons. The number of aromatic nitrogens is 3. The van der Waals surface area contributed by atoms with Crippen molar-refractivity contribution in [1.82, 2.24) is 14.8 Å². The van der Waals surface area contributed by atoms with Crippen LogP contribution in [0.15, 0.2) is 66.3 Å². The summed E-state index contributed by atoms with van der Waals surface area (Å²) in [5.74, 6) is 1.35. The SMILES string of the molecule is C=CCn1c(COc2ccc(Cl)cc2)nnc1SC1CCN(c2ccc(C#N)cc2)C1=O. The van der Waals surface area contributed by atoms with Crippen LogP contribution in [0.5, 0.6) is 5.75 Å². The average molecular weight is 466 g/mol. The molecule has 1 aliphatic heterocycles. The van der Waals surface area contributed by atoms with Gasteiger partial charge in [0.1, 0.15) is 12.4 Å². The first-order chi connectivity index (χ1) is 15.6. The van der Waals surface area contributed by atoms with E-state index < -0.39 is 0 Å². The quantitative estimate of drug-likeness (QED) is 0.456. The molecule has 1 aliphatic rings. The number of nitrogens with zero attached hydrogens (tertiary/aromatic N) is 5. The molecule has 1 fully saturated rings. The van der Waals surface area contributed by atoms with Crippen molar-refractivity contribution in [3.05, 3.63) is 77.6 Å². The summed E-state index contributed by atoms with van der Waals surface area (Å²) in [6.07, 6.45) is 2.46. The fraction of sp³-hybridized carbons (Fsp3) is 0.217. The summed E-state index contributed by atoms with van der Waals surface area (Å²) in [5.41, 5.74) is 1.36. The van der Waals surface area contributed by atoms with Gasteiger partial charge in [-0.25, -0.2) is 0 Å². The Balaban J connectivity index is 1.45. The van der Waals surface area contributed by atoms with E-state index >= 15 is 0 Å². The number of anilines is 1. The lowest BCUT2D eigenvalue weighted by Crippen LogP contribution is -2.28. The van der Waals surface area contributed by atoms with Crippen molar-refractivity contribution in [1.29, 1.82) is 5.26 Å². The normalized spacial score (nSPS) is 15.6. The molecule has 0 radical (unpaired) electrons. The Morgan fingerprint density at radius 2 is 1.97 bits per heavy atom. The fourth-order valence-electron chi connectivity index (χ4n) is 3.37. The molecule has 1 aromatic heterocycles. The van der Waals surface area contributed by atoms with E-state index in [4.69, 9.17) is 21.6 Å². The number of nitriles is 1. The molecule has 0 aliphatic carbocycles. The van der Waals surface area contributed by atoms with Crippen LogP contribution in [0.2, 0.25) is 5.02 Å². The third-order valence-electron chi connectivity index (χ3n) is 5.00. The largest absolute Gasteiger partial charge is 0.486 e. The maximum atomic E-state index is 13.0. The number of rotatable bonds is 8. The Hall–Kier alpha value is -3.28. The van der Waals surface area contributed by atoms with Gasteiger partial charge in [0.25, 0.3) is 0 Å². The smallest absolute Gasteiger partial charge is 0.240 e. The summed E-state index contributed by atoms with van der Waals surface area (Å²) in [6.45, 7) is 5.18. The average Bonchev–Trinajstić information content (AvgIpc) is 3.37. The van der Waals surface area contributed by atoms with Crippen molar-refractivity contribution in [3.63, 3.8) is 0 Å². The van der Waals surface area contributed by atoms with Gasteiger partial charge in [-0.15, -0.1) is 16.8 Å². The van der Waals surface area contributed by atoms with E-state index in [0.29, 0.717) is 46.8 Å². The fourth-order valence-corrected chi connectivity index (χ4v) is 4.59. The van der Waals surface area contributed by atoms with E-state index in [-0.39, 0.29) is 17.8 Å². The first kappa shape index (κ1) is 21.9. The summed E-state index contributed by atoms with van der Waals surface area (Å²) < 4.78 is 7.72. The zero-order valence-corrected chi connectivity index (χ0v) is 18.7. The number of hydrogen-bond donors (Lipinski definition) is 0. The topological polar surface area (TPSA) is 84.0 Å². The molecule has 3 aromatic rings. The molecule has 0 bridgehead atoms. The molecule has 2 heterocycles. The highest BCUT2D eigenvalue weighted by atomic mass is 35.5. The van der Waals surface area contributed by atoms with E-state index in [1.807, 2.05) is 4.57 Å². The van der Waals surface area contributed by atoms with Gasteiger partial charge in [-0.3, -0.25) is 9.36 Å². The van der Waals surface area contributed by atoms with Crippen LogP contribution < -0.4 is 9.64 Å². The van der Waals surface area contributed by atoms with Crippen LogP contribution in [0, 0.1) is 11.3 Å². The summed E-state index contributed by atoms with van der Waals surface area (Å²) in [5, 5.41) is 18.6. The molecule has 0 saturated carbocycles. The van der Waals surface area contributed by atoms with E-state index in [2.05, 4.69) is 22.8 Å². The Kier molecular flexibility index (Phi) is 6.78. The number of benzene rings is 2. The van der Waals surface area contributed by atoms with Gasteiger partial charge < -0.3 is 9.64 Å². The van der Waals surface area contributed by atoms with E-state index in [0.717, 1.165) is 5.69 Å². The second-order valence-electron chi connectivity index (χ2n) is 7.08. The predicted octanol–water partition coefficient (Wildman–Crippen LogP) is 4.47. The highest BCUT2D eigenvalue weighted by Crippen LogP contribution is 2.33. The van der Waals surface area contributed by atoms with Crippen molar-refractivity contribution in [2.45, 2.75) is 30.0 Å². The highest BCUT2D eigenvalue weighted by Gasteiger charge is 2.34. The van der Waals surface area contributed by atoms with Gasteiger partial charge >= 0.3 is 0 Å². The van der Waals surface area contributed by atoms with Gasteiger partial charge in [-0.2, -0.15) is 5.26 Å². The van der Waals surface area contributed by atoms with Gasteiger partial charge in [-0.1, -0.05) is 29.4 Å². The molecule has 32 heavy (non-hydrogen) atoms. The molecule has 1 unspecified atom stereocenters. The summed E-state index contributed by atoms with van der Waals surface area (Å²) in [6, 6.07) is 16.2. The second-order valence-corrected chi connectivity index (χ2v) is 8.69. The van der Waals surface area contributed by atoms with E-state index in [1.165, 1.54) is 11.8 Å². The van der Waals surface area contributed by atoms with E-state index in [1.54, 1.807) is 59.5 Å². The number of halogens is 1. The van der Waals surface area contributed by atoms with Crippen molar-refractivity contribution in [2.75, 3.05) is 11.4 Å². The minimum absolute atomic E-state index is 0.0202. The Bertz CT molecular complexity index is 1150. The lowest BCUT2D eigenvalue weighted by molar-refractivity contribution is -0.116. The molecule has 1 atom stereocenters. The number of carbonyl (C=O) groups is 1. The van der Waals surface area contributed by atoms with Gasteiger partial charge in [0.2, 0.25) is 5.91 Å². The molecular formula is C23H20ClN5O2S. The maximum absolute atomic E-state index is 13.0. The minimum atomic E-state index is -0.261. The molecule has 4 rings (SSSR count). The Morgan fingerprint density at radius 3 is 2.66 bits per heavy atom. The van der Waals surface area contributed by atoms with Crippen LogP contribution >= 0.6 is 23.4 Å². The number of amides is 1. The Labute approximate surface area is 195 Å². The van der Waals surface area contributed by atoms with Crippen LogP contribution in [-0.4, -0.2) is 32.5 Å². The van der Waals surface area contributed by atoms with Crippen LogP contribution in [0.4, 0.5) is 5.69 Å². The maximum Gasteiger partial charge on any atom is 0.240 e. The van der Waals surface area contributed by atoms with Crippen molar-refractivity contribution in [2.24, 2.45) is 0 Å². The number of allylic oxidation sites excluding steroid dienone is 1. The molecular weight excluding hydrogens is 446 g/mol. The Morgan fingerprint density at radius 1 is 1.22 bits per heavy atom. The van der Waals surface area contributed by atoms with Gasteiger partial charge in [0.05, 0.1) is 16.9 Å². The van der Waals surface area contributed by atoms with Crippen molar-refractivity contribution < 1.29 is 9.53 Å². The number of carbonyl (C=O) groups excluding carboxylic acids is 1. The first-order valence-corrected chi connectivity index (χ1v) is 11.2. The van der Waals surface area contributed by atoms with Gasteiger partial charge in [-0.05, 0) is 55.0 Å². The van der Waals surface area contributed by atoms with Crippen LogP contribution in [0.1, 0.15) is 17.8 Å². The molecule has 9 heteroatoms. The van der Waals surface area contributed by atoms with Gasteiger partial charge in [0, 0.05) is 23.8 Å². The summed E-state index contributed by atoms with van der Waals surface area (Å²) in [7, 11) is 0. The zero-order chi connectivity index (χ0) is 22.5. The summed E-state index contributed by atoms with van der Waals surface area (Å²) in [4.78, 5) is 14.8. The van der Waals surface area contributed by atoms with Gasteiger partial charge in [0.15, 0.2) is 11.0 Å². The molecule has 0 spiro atoms. The molecule has 1 saturated heterocycles. The van der Waals surface area contributed by atoms with Crippen molar-refractivity contribution >= 4 is 35.0 Å². The molecule has 2 aromatic carbocycles. The van der Waals surface area contributed by atoms with Crippen LogP contribution in [0.3, 0.4) is 0 Å². The minimum Gasteiger partial charge on any atom is -0.486 e. The molecule has 1 amide bonds. The van der Waals surface area contributed by atoms with Crippen LogP contribution in [0.25, 0.3) is 0 Å². The monoisotopic (exact) mass is 465 g/mol. The third kappa shape index (κ3) is 4.79. The molecule has 0 N–H and O–H groups in total. The lowest BCUT2D eigenvalue weighted by atomic mass is 10.2. The third-order valence-corrected chi connectivity index (χ3v) is 6.49. The number of hydrogen-bond acceptors (Lipinski definition) is 6. The zero-order valence-electron chi connectivity index (χ0n) is 17.1. The predicted molar refractivity (Wildman–Crippen MR) is 124 cm³/mol. The van der Waals surface area contributed by atoms with E-state index in [9.17, 15) is 4.79 Å². The standard InChI is InChI=1S/C23H20ClN5O2S/c1-2-12-29-21(15-31-19-9-5-17(24)6-10-19)26-27-23(29)32-20-11-13-28(22(20)30)18-7-3-16(14-25)4-8-18/h2-10,20H,1,11-13,15H2. The lowest BCUT2D eigenvalue weighted by Gasteiger charge is -2.16. The second kappa shape index (κ2) is 9.90. The van der Waals surface area contributed by atoms with Crippen LogP contribution in [-0.2, 0) is 17.9 Å². The molecule has 7 nitrogen and oxygen atoms in total. The summed E-state index contributed by atoms with van der Waals surface area (Å²) >= 11 is 7.32. The highest BCUT2D eigenvalue weighted by molar-refractivity contribution is 8.00. The number of ether oxygens (including phenoxy) is 1. The van der Waals surface area contributed by atoms with Crippen molar-refractivity contribution in [3.8, 4) is 11.8 Å². The number of thioether (sulfide) groups is 1. The first-order valence-electron chi connectivity index (χ1n) is 9.98.